The average molecular weight is 370 g/mol. The van der Waals surface area contributed by atoms with Crippen molar-refractivity contribution < 1.29 is 10.1 Å². The molecule has 1 atom stereocenters. The second-order valence-electron chi connectivity index (χ2n) is 6.82. The van der Waals surface area contributed by atoms with Gasteiger partial charge in [0.15, 0.2) is 6.54 Å². The lowest BCUT2D eigenvalue weighted by Gasteiger charge is -2.17. The minimum Gasteiger partial charge on any atom is -0.328 e. The van der Waals surface area contributed by atoms with Crippen molar-refractivity contribution in [1.29, 1.82) is 5.26 Å². The summed E-state index contributed by atoms with van der Waals surface area (Å²) in [4.78, 5) is 12.4. The average Bonchev–Trinajstić information content (AvgIpc) is 2.72. The van der Waals surface area contributed by atoms with Crippen molar-refractivity contribution in [1.82, 2.24) is 0 Å². The standard InChI is InChI=1S/C24H23N3O/c1-18-7-11-21(12-8-18)24(20-5-3-2-4-6-20)26-17-23(28)27-22-13-9-19(10-14-22)15-16-25/h2-14,24,26H,15,17H2,1H3,(H,27,28)/p+1/t24-/m1/s1. The molecule has 3 rings (SSSR count). The number of aryl methyl sites for hydroxylation is 1. The van der Waals surface area contributed by atoms with Gasteiger partial charge in [-0.2, -0.15) is 5.26 Å². The molecule has 0 aliphatic rings. The van der Waals surface area contributed by atoms with Gasteiger partial charge in [0.2, 0.25) is 0 Å². The van der Waals surface area contributed by atoms with Crippen LogP contribution < -0.4 is 10.6 Å². The molecule has 3 aromatic carbocycles. The van der Waals surface area contributed by atoms with Crippen LogP contribution in [0.15, 0.2) is 78.9 Å². The lowest BCUT2D eigenvalue weighted by atomic mass is 9.98. The molecule has 4 nitrogen and oxygen atoms in total. The van der Waals surface area contributed by atoms with Gasteiger partial charge < -0.3 is 10.6 Å². The second-order valence-corrected chi connectivity index (χ2v) is 6.82. The normalized spacial score (nSPS) is 11.4. The number of carbonyl (C=O) groups excluding carboxylic acids is 1. The zero-order valence-electron chi connectivity index (χ0n) is 15.9. The lowest BCUT2D eigenvalue weighted by Crippen LogP contribution is -2.87. The van der Waals surface area contributed by atoms with E-state index in [0.29, 0.717) is 13.0 Å². The summed E-state index contributed by atoms with van der Waals surface area (Å²) >= 11 is 0. The van der Waals surface area contributed by atoms with E-state index in [1.54, 1.807) is 0 Å². The summed E-state index contributed by atoms with van der Waals surface area (Å²) in [5.74, 6) is -0.0546. The maximum atomic E-state index is 12.4. The largest absolute Gasteiger partial charge is 0.328 e. The van der Waals surface area contributed by atoms with Crippen molar-refractivity contribution in [3.05, 3.63) is 101 Å². The number of nitrogens with one attached hydrogen (secondary N) is 1. The summed E-state index contributed by atoms with van der Waals surface area (Å²) in [5.41, 5.74) is 5.24. The van der Waals surface area contributed by atoms with E-state index in [2.05, 4.69) is 60.0 Å². The number of rotatable bonds is 7. The molecule has 3 aromatic rings. The molecule has 0 spiro atoms. The molecule has 4 heteroatoms. The molecule has 0 saturated heterocycles. The Bertz CT molecular complexity index is 942. The van der Waals surface area contributed by atoms with Crippen LogP contribution in [0.1, 0.15) is 28.3 Å². The van der Waals surface area contributed by atoms with Crippen molar-refractivity contribution in [2.45, 2.75) is 19.4 Å². The summed E-state index contributed by atoms with van der Waals surface area (Å²) < 4.78 is 0. The predicted molar refractivity (Wildman–Crippen MR) is 111 cm³/mol. The van der Waals surface area contributed by atoms with E-state index in [0.717, 1.165) is 11.3 Å². The third-order valence-electron chi connectivity index (χ3n) is 4.65. The number of amides is 1. The van der Waals surface area contributed by atoms with Gasteiger partial charge in [-0.3, -0.25) is 4.79 Å². The summed E-state index contributed by atoms with van der Waals surface area (Å²) in [6.07, 6.45) is 0.372. The molecule has 0 bridgehead atoms. The van der Waals surface area contributed by atoms with Crippen LogP contribution in [0, 0.1) is 18.3 Å². The minimum absolute atomic E-state index is 0.0546. The number of quaternary nitrogens is 1. The first-order valence-corrected chi connectivity index (χ1v) is 9.36. The van der Waals surface area contributed by atoms with E-state index < -0.39 is 0 Å². The monoisotopic (exact) mass is 370 g/mol. The molecule has 1 amide bonds. The first kappa shape index (κ1) is 19.3. The molecule has 0 aliphatic carbocycles. The Balaban J connectivity index is 1.67. The van der Waals surface area contributed by atoms with Crippen LogP contribution in [0.2, 0.25) is 0 Å². The van der Waals surface area contributed by atoms with E-state index in [-0.39, 0.29) is 11.9 Å². The fourth-order valence-electron chi connectivity index (χ4n) is 3.13. The van der Waals surface area contributed by atoms with Gasteiger partial charge in [0.1, 0.15) is 6.04 Å². The first-order chi connectivity index (χ1) is 13.7. The highest BCUT2D eigenvalue weighted by Gasteiger charge is 2.18. The van der Waals surface area contributed by atoms with Gasteiger partial charge in [0, 0.05) is 16.8 Å². The fourth-order valence-corrected chi connectivity index (χ4v) is 3.13. The number of benzene rings is 3. The fraction of sp³-hybridized carbons (Fsp3) is 0.167. The van der Waals surface area contributed by atoms with Gasteiger partial charge in [-0.15, -0.1) is 0 Å². The number of nitrogens with zero attached hydrogens (tertiary/aromatic N) is 1. The third-order valence-corrected chi connectivity index (χ3v) is 4.65. The highest BCUT2D eigenvalue weighted by Crippen LogP contribution is 2.18. The SMILES string of the molecule is Cc1ccc([C@H]([NH2+]CC(=O)Nc2ccc(CC#N)cc2)c2ccccc2)cc1. The molecule has 0 unspecified atom stereocenters. The molecule has 3 N–H and O–H groups in total. The molecule has 0 saturated carbocycles. The summed E-state index contributed by atoms with van der Waals surface area (Å²) in [6.45, 7) is 2.38. The van der Waals surface area contributed by atoms with Crippen LogP contribution in [0.3, 0.4) is 0 Å². The molecular weight excluding hydrogens is 346 g/mol. The van der Waals surface area contributed by atoms with Crippen molar-refractivity contribution in [2.75, 3.05) is 11.9 Å². The Morgan fingerprint density at radius 3 is 2.25 bits per heavy atom. The van der Waals surface area contributed by atoms with Crippen LogP contribution in [0.5, 0.6) is 0 Å². The third kappa shape index (κ3) is 5.29. The predicted octanol–water partition coefficient (Wildman–Crippen LogP) is 3.35. The lowest BCUT2D eigenvalue weighted by molar-refractivity contribution is -0.676. The molecule has 140 valence electrons. The number of nitriles is 1. The number of hydrogen-bond donors (Lipinski definition) is 2. The highest BCUT2D eigenvalue weighted by molar-refractivity contribution is 5.91. The van der Waals surface area contributed by atoms with Crippen LogP contribution in [-0.4, -0.2) is 12.5 Å². The molecule has 28 heavy (non-hydrogen) atoms. The summed E-state index contributed by atoms with van der Waals surface area (Å²) in [5, 5.41) is 13.7. The molecular formula is C24H24N3O+. The van der Waals surface area contributed by atoms with Crippen molar-refractivity contribution in [2.24, 2.45) is 0 Å². The first-order valence-electron chi connectivity index (χ1n) is 9.36. The van der Waals surface area contributed by atoms with Gasteiger partial charge in [0.25, 0.3) is 5.91 Å². The molecule has 0 radical (unpaired) electrons. The van der Waals surface area contributed by atoms with Crippen LogP contribution >= 0.6 is 0 Å². The Labute approximate surface area is 165 Å². The van der Waals surface area contributed by atoms with Gasteiger partial charge in [-0.25, -0.2) is 0 Å². The molecule has 0 fully saturated rings. The van der Waals surface area contributed by atoms with Gasteiger partial charge in [0.05, 0.1) is 12.5 Å². The number of carbonyl (C=O) groups is 1. The zero-order valence-corrected chi connectivity index (χ0v) is 15.9. The van der Waals surface area contributed by atoms with E-state index in [4.69, 9.17) is 5.26 Å². The zero-order chi connectivity index (χ0) is 19.8. The van der Waals surface area contributed by atoms with Crippen LogP contribution in [0.25, 0.3) is 0 Å². The Morgan fingerprint density at radius 1 is 0.964 bits per heavy atom. The maximum Gasteiger partial charge on any atom is 0.279 e. The van der Waals surface area contributed by atoms with E-state index in [9.17, 15) is 4.79 Å². The van der Waals surface area contributed by atoms with Crippen molar-refractivity contribution >= 4 is 11.6 Å². The summed E-state index contributed by atoms with van der Waals surface area (Å²) in [7, 11) is 0. The molecule has 0 aliphatic heterocycles. The Kier molecular flexibility index (Phi) is 6.56. The van der Waals surface area contributed by atoms with E-state index >= 15 is 0 Å². The topological polar surface area (TPSA) is 69.5 Å². The van der Waals surface area contributed by atoms with Crippen LogP contribution in [0.4, 0.5) is 5.69 Å². The summed E-state index contributed by atoms with van der Waals surface area (Å²) in [6, 6.07) is 28.2. The van der Waals surface area contributed by atoms with Crippen LogP contribution in [-0.2, 0) is 11.2 Å². The number of anilines is 1. The molecule has 0 aromatic heterocycles. The van der Waals surface area contributed by atoms with Gasteiger partial charge in [-0.1, -0.05) is 72.3 Å². The smallest absolute Gasteiger partial charge is 0.279 e. The second kappa shape index (κ2) is 9.50. The van der Waals surface area contributed by atoms with Gasteiger partial charge >= 0.3 is 0 Å². The van der Waals surface area contributed by atoms with Crippen molar-refractivity contribution in [3.8, 4) is 6.07 Å². The Hall–Kier alpha value is -3.42. The minimum atomic E-state index is -0.0546. The van der Waals surface area contributed by atoms with Gasteiger partial charge in [-0.05, 0) is 24.6 Å². The molecule has 0 heterocycles. The number of hydrogen-bond acceptors (Lipinski definition) is 2. The van der Waals surface area contributed by atoms with Crippen molar-refractivity contribution in [3.63, 3.8) is 0 Å². The highest BCUT2D eigenvalue weighted by atomic mass is 16.1. The van der Waals surface area contributed by atoms with E-state index in [1.165, 1.54) is 16.7 Å². The quantitative estimate of drug-likeness (QED) is 0.670. The van der Waals surface area contributed by atoms with E-state index in [1.807, 2.05) is 42.5 Å². The maximum absolute atomic E-state index is 12.4. The Morgan fingerprint density at radius 2 is 1.61 bits per heavy atom. The number of nitrogens with two attached hydrogens (primary N) is 1.